The minimum absolute atomic E-state index is 0.0180. The van der Waals surface area contributed by atoms with Crippen LogP contribution in [0, 0.1) is 0 Å². The van der Waals surface area contributed by atoms with E-state index in [1.165, 1.54) is 7.11 Å². The molecule has 0 aliphatic carbocycles. The molecule has 3 aromatic carbocycles. The number of hydrogen-bond donors (Lipinski definition) is 1. The number of likely N-dealkylation sites (N-methyl/N-ethyl adjacent to an activating group) is 1. The normalized spacial score (nSPS) is 15.7. The third kappa shape index (κ3) is 6.87. The number of ether oxygens (including phenoxy) is 3. The second-order valence-corrected chi connectivity index (χ2v) is 10.4. The Morgan fingerprint density at radius 1 is 1.05 bits per heavy atom. The van der Waals surface area contributed by atoms with E-state index in [1.54, 1.807) is 25.3 Å². The first-order valence-corrected chi connectivity index (χ1v) is 14.0. The Morgan fingerprint density at radius 2 is 1.83 bits per heavy atom. The van der Waals surface area contributed by atoms with E-state index in [1.807, 2.05) is 83.6 Å². The standard InChI is InChI=1S/C33H36N4O5/c1-36(21-23-10-16-29(40-2)17-11-23)31(25-7-6-8-26(19-25)33(39)41-3)32(38)35-28-14-12-24(13-15-28)27-20-34-37(22-27)30-9-4-5-18-42-30/h6-8,10-17,19-20,22,30-31H,4-5,9,18,21H2,1-3H3,(H,35,38). The number of nitrogens with one attached hydrogen (secondary N) is 1. The van der Waals surface area contributed by atoms with Crippen molar-refractivity contribution in [3.05, 3.63) is 102 Å². The number of aromatic nitrogens is 2. The van der Waals surface area contributed by atoms with Gasteiger partial charge in [-0.3, -0.25) is 9.69 Å². The van der Waals surface area contributed by atoms with Crippen molar-refractivity contribution in [3.63, 3.8) is 0 Å². The number of hydrogen-bond acceptors (Lipinski definition) is 7. The van der Waals surface area contributed by atoms with Crippen molar-refractivity contribution < 1.29 is 23.8 Å². The van der Waals surface area contributed by atoms with Crippen molar-refractivity contribution in [1.82, 2.24) is 14.7 Å². The highest BCUT2D eigenvalue weighted by molar-refractivity contribution is 5.96. The molecule has 1 aliphatic rings. The fraction of sp³-hybridized carbons (Fsp3) is 0.303. The summed E-state index contributed by atoms with van der Waals surface area (Å²) < 4.78 is 17.9. The van der Waals surface area contributed by atoms with Gasteiger partial charge in [-0.25, -0.2) is 9.48 Å². The molecule has 9 heteroatoms. The zero-order valence-electron chi connectivity index (χ0n) is 24.2. The highest BCUT2D eigenvalue weighted by Crippen LogP contribution is 2.28. The van der Waals surface area contributed by atoms with E-state index in [-0.39, 0.29) is 12.1 Å². The molecule has 1 aliphatic heterocycles. The molecule has 1 N–H and O–H groups in total. The van der Waals surface area contributed by atoms with Gasteiger partial charge in [0.1, 0.15) is 18.0 Å². The number of amides is 1. The number of nitrogens with zero attached hydrogens (tertiary/aromatic N) is 3. The number of carbonyl (C=O) groups excluding carboxylic acids is 2. The lowest BCUT2D eigenvalue weighted by Crippen LogP contribution is -2.34. The molecule has 5 rings (SSSR count). The first-order chi connectivity index (χ1) is 20.4. The molecule has 2 heterocycles. The first-order valence-electron chi connectivity index (χ1n) is 14.0. The van der Waals surface area contributed by atoms with Crippen molar-refractivity contribution in [1.29, 1.82) is 0 Å². The average Bonchev–Trinajstić information content (AvgIpc) is 3.53. The summed E-state index contributed by atoms with van der Waals surface area (Å²) >= 11 is 0. The van der Waals surface area contributed by atoms with E-state index in [2.05, 4.69) is 10.4 Å². The lowest BCUT2D eigenvalue weighted by atomic mass is 10.0. The number of carbonyl (C=O) groups is 2. The smallest absolute Gasteiger partial charge is 0.337 e. The molecule has 0 saturated carbocycles. The molecule has 1 fully saturated rings. The number of rotatable bonds is 10. The Kier molecular flexibility index (Phi) is 9.31. The Bertz CT molecular complexity index is 1490. The van der Waals surface area contributed by atoms with E-state index >= 15 is 0 Å². The van der Waals surface area contributed by atoms with Crippen molar-refractivity contribution in [2.24, 2.45) is 0 Å². The third-order valence-electron chi connectivity index (χ3n) is 7.44. The van der Waals surface area contributed by atoms with E-state index < -0.39 is 12.0 Å². The molecule has 1 saturated heterocycles. The van der Waals surface area contributed by atoms with Gasteiger partial charge in [0.2, 0.25) is 5.91 Å². The van der Waals surface area contributed by atoms with Gasteiger partial charge in [0.25, 0.3) is 0 Å². The highest BCUT2D eigenvalue weighted by Gasteiger charge is 2.27. The molecular formula is C33H36N4O5. The minimum atomic E-state index is -0.676. The summed E-state index contributed by atoms with van der Waals surface area (Å²) in [5, 5.41) is 7.58. The van der Waals surface area contributed by atoms with Crippen LogP contribution >= 0.6 is 0 Å². The van der Waals surface area contributed by atoms with Gasteiger partial charge in [-0.15, -0.1) is 0 Å². The lowest BCUT2D eigenvalue weighted by Gasteiger charge is -2.28. The number of anilines is 1. The summed E-state index contributed by atoms with van der Waals surface area (Å²) in [6.07, 6.45) is 7.01. The van der Waals surface area contributed by atoms with E-state index in [0.29, 0.717) is 23.4 Å². The van der Waals surface area contributed by atoms with E-state index in [4.69, 9.17) is 14.2 Å². The molecule has 4 aromatic rings. The summed E-state index contributed by atoms with van der Waals surface area (Å²) in [5.74, 6) is 0.0883. The molecule has 1 aromatic heterocycles. The maximum Gasteiger partial charge on any atom is 0.337 e. The van der Waals surface area contributed by atoms with Crippen LogP contribution in [0.15, 0.2) is 85.2 Å². The maximum atomic E-state index is 13.8. The van der Waals surface area contributed by atoms with Crippen LogP contribution in [0.3, 0.4) is 0 Å². The quantitative estimate of drug-likeness (QED) is 0.240. The van der Waals surface area contributed by atoms with Crippen LogP contribution in [0.1, 0.15) is 53.0 Å². The topological polar surface area (TPSA) is 94.9 Å². The average molecular weight is 569 g/mol. The van der Waals surface area contributed by atoms with Crippen LogP contribution in [0.2, 0.25) is 0 Å². The molecule has 0 radical (unpaired) electrons. The van der Waals surface area contributed by atoms with Crippen molar-refractivity contribution in [2.75, 3.05) is 33.2 Å². The molecule has 0 bridgehead atoms. The van der Waals surface area contributed by atoms with Gasteiger partial charge in [0.05, 0.1) is 26.0 Å². The lowest BCUT2D eigenvalue weighted by molar-refractivity contribution is -0.121. The largest absolute Gasteiger partial charge is 0.497 e. The fourth-order valence-corrected chi connectivity index (χ4v) is 5.20. The van der Waals surface area contributed by atoms with Gasteiger partial charge in [-0.2, -0.15) is 5.10 Å². The Morgan fingerprint density at radius 3 is 2.52 bits per heavy atom. The van der Waals surface area contributed by atoms with Crippen LogP contribution in [-0.4, -0.2) is 54.4 Å². The Balaban J connectivity index is 1.34. The summed E-state index contributed by atoms with van der Waals surface area (Å²) in [6, 6.07) is 21.7. The van der Waals surface area contributed by atoms with Crippen molar-refractivity contribution in [2.45, 2.75) is 38.1 Å². The molecule has 42 heavy (non-hydrogen) atoms. The van der Waals surface area contributed by atoms with Crippen LogP contribution in [0.5, 0.6) is 5.75 Å². The molecule has 0 spiro atoms. The molecule has 218 valence electrons. The van der Waals surface area contributed by atoms with Crippen molar-refractivity contribution in [3.8, 4) is 16.9 Å². The highest BCUT2D eigenvalue weighted by atomic mass is 16.5. The monoisotopic (exact) mass is 568 g/mol. The van der Waals surface area contributed by atoms with Gasteiger partial charge >= 0.3 is 5.97 Å². The first kappa shape index (κ1) is 29.0. The number of methoxy groups -OCH3 is 2. The molecule has 9 nitrogen and oxygen atoms in total. The van der Waals surface area contributed by atoms with Crippen LogP contribution in [0.4, 0.5) is 5.69 Å². The van der Waals surface area contributed by atoms with Gasteiger partial charge in [0.15, 0.2) is 0 Å². The second-order valence-electron chi connectivity index (χ2n) is 10.4. The summed E-state index contributed by atoms with van der Waals surface area (Å²) in [6.45, 7) is 1.26. The Hall–Kier alpha value is -4.47. The summed E-state index contributed by atoms with van der Waals surface area (Å²) in [7, 11) is 4.85. The minimum Gasteiger partial charge on any atom is -0.497 e. The zero-order valence-corrected chi connectivity index (χ0v) is 24.2. The fourth-order valence-electron chi connectivity index (χ4n) is 5.20. The molecular weight excluding hydrogens is 532 g/mol. The van der Waals surface area contributed by atoms with Gasteiger partial charge in [-0.1, -0.05) is 36.4 Å². The summed E-state index contributed by atoms with van der Waals surface area (Å²) in [4.78, 5) is 28.0. The van der Waals surface area contributed by atoms with Crippen molar-refractivity contribution >= 4 is 17.6 Å². The van der Waals surface area contributed by atoms with E-state index in [9.17, 15) is 9.59 Å². The predicted octanol–water partition coefficient (Wildman–Crippen LogP) is 5.86. The van der Waals surface area contributed by atoms with Crippen LogP contribution < -0.4 is 10.1 Å². The maximum absolute atomic E-state index is 13.8. The molecule has 2 unspecified atom stereocenters. The number of esters is 1. The van der Waals surface area contributed by atoms with Gasteiger partial charge in [0, 0.05) is 30.6 Å². The van der Waals surface area contributed by atoms with Crippen LogP contribution in [-0.2, 0) is 20.8 Å². The third-order valence-corrected chi connectivity index (χ3v) is 7.44. The SMILES string of the molecule is COC(=O)c1cccc(C(C(=O)Nc2ccc(-c3cnn(C4CCCCO4)c3)cc2)N(C)Cc2ccc(OC)cc2)c1. The van der Waals surface area contributed by atoms with Crippen LogP contribution in [0.25, 0.3) is 11.1 Å². The Labute approximate surface area is 246 Å². The zero-order chi connectivity index (χ0) is 29.5. The molecule has 2 atom stereocenters. The summed E-state index contributed by atoms with van der Waals surface area (Å²) in [5.41, 5.74) is 4.73. The van der Waals surface area contributed by atoms with E-state index in [0.717, 1.165) is 48.3 Å². The second kappa shape index (κ2) is 13.5. The van der Waals surface area contributed by atoms with Gasteiger partial charge < -0.3 is 19.5 Å². The molecule has 1 amide bonds. The predicted molar refractivity (Wildman–Crippen MR) is 160 cm³/mol. The number of benzene rings is 3. The van der Waals surface area contributed by atoms with Gasteiger partial charge in [-0.05, 0) is 79.4 Å².